The molecular weight excluding hydrogens is 258 g/mol. The predicted octanol–water partition coefficient (Wildman–Crippen LogP) is 2.32. The maximum atomic E-state index is 11.6. The van der Waals surface area contributed by atoms with Crippen LogP contribution in [0, 0.1) is 0 Å². The van der Waals surface area contributed by atoms with Gasteiger partial charge in [-0.1, -0.05) is 11.6 Å². The van der Waals surface area contributed by atoms with Crippen LogP contribution in [0.25, 0.3) is 0 Å². The Bertz CT molecular complexity index is 511. The van der Waals surface area contributed by atoms with Gasteiger partial charge in [0.2, 0.25) is 5.91 Å². The first-order chi connectivity index (χ1) is 8.43. The minimum atomic E-state index is -1.15. The quantitative estimate of drug-likeness (QED) is 0.823. The van der Waals surface area contributed by atoms with Gasteiger partial charge in [0, 0.05) is 16.7 Å². The molecule has 0 radical (unpaired) electrons. The third kappa shape index (κ3) is 3.78. The van der Waals surface area contributed by atoms with E-state index in [1.165, 1.54) is 20.1 Å². The summed E-state index contributed by atoms with van der Waals surface area (Å²) in [4.78, 5) is 22.1. The molecule has 6 heteroatoms. The average Bonchev–Trinajstić information content (AvgIpc) is 2.28. The van der Waals surface area contributed by atoms with E-state index in [-0.39, 0.29) is 5.57 Å². The van der Waals surface area contributed by atoms with E-state index in [4.69, 9.17) is 21.4 Å². The summed E-state index contributed by atoms with van der Waals surface area (Å²) in [5.74, 6) is -1.27. The number of rotatable bonds is 4. The second kappa shape index (κ2) is 6.07. The Hall–Kier alpha value is -2.01. The number of anilines is 1. The molecule has 0 saturated heterocycles. The summed E-state index contributed by atoms with van der Waals surface area (Å²) in [6.45, 7) is 1.33. The van der Waals surface area contributed by atoms with Crippen LogP contribution in [0.2, 0.25) is 5.02 Å². The fraction of sp³-hybridized carbons (Fsp3) is 0.167. The number of methoxy groups -OCH3 is 1. The molecule has 0 aromatic heterocycles. The highest BCUT2D eigenvalue weighted by molar-refractivity contribution is 6.31. The van der Waals surface area contributed by atoms with E-state index in [1.807, 2.05) is 0 Å². The number of aliphatic carboxylic acids is 1. The van der Waals surface area contributed by atoms with Crippen LogP contribution in [0.3, 0.4) is 0 Å². The zero-order valence-electron chi connectivity index (χ0n) is 9.86. The predicted molar refractivity (Wildman–Crippen MR) is 68.0 cm³/mol. The standard InChI is InChI=1S/C12H12ClNO4/c1-7(12(16)17)5-11(15)14-9-6-8(13)3-4-10(9)18-2/h3-6H,1-2H3,(H,14,15)(H,16,17)/b7-5+. The van der Waals surface area contributed by atoms with Crippen LogP contribution in [0.1, 0.15) is 6.92 Å². The molecule has 0 aliphatic rings. The highest BCUT2D eigenvalue weighted by atomic mass is 35.5. The summed E-state index contributed by atoms with van der Waals surface area (Å²) in [5.41, 5.74) is 0.318. The molecule has 1 aromatic rings. The normalized spacial score (nSPS) is 10.9. The van der Waals surface area contributed by atoms with Gasteiger partial charge in [-0.25, -0.2) is 4.79 Å². The Morgan fingerprint density at radius 1 is 1.44 bits per heavy atom. The molecule has 1 aromatic carbocycles. The first-order valence-corrected chi connectivity index (χ1v) is 5.38. The number of halogens is 1. The fourth-order valence-corrected chi connectivity index (χ4v) is 1.38. The van der Waals surface area contributed by atoms with E-state index in [9.17, 15) is 9.59 Å². The lowest BCUT2D eigenvalue weighted by Crippen LogP contribution is -2.11. The highest BCUT2D eigenvalue weighted by Crippen LogP contribution is 2.27. The van der Waals surface area contributed by atoms with Crippen molar-refractivity contribution in [3.05, 3.63) is 34.9 Å². The van der Waals surface area contributed by atoms with Crippen LogP contribution in [0.4, 0.5) is 5.69 Å². The third-order valence-electron chi connectivity index (χ3n) is 2.10. The summed E-state index contributed by atoms with van der Waals surface area (Å²) >= 11 is 5.80. The maximum absolute atomic E-state index is 11.6. The monoisotopic (exact) mass is 269 g/mol. The van der Waals surface area contributed by atoms with Gasteiger partial charge in [-0.15, -0.1) is 0 Å². The molecule has 0 heterocycles. The van der Waals surface area contributed by atoms with Crippen molar-refractivity contribution in [2.75, 3.05) is 12.4 Å². The molecule has 0 unspecified atom stereocenters. The Kier molecular flexibility index (Phi) is 4.74. The van der Waals surface area contributed by atoms with Crippen molar-refractivity contribution >= 4 is 29.2 Å². The number of amides is 1. The van der Waals surface area contributed by atoms with Crippen LogP contribution in [0.15, 0.2) is 29.8 Å². The number of nitrogens with one attached hydrogen (secondary N) is 1. The van der Waals surface area contributed by atoms with Crippen molar-refractivity contribution in [1.82, 2.24) is 0 Å². The first-order valence-electron chi connectivity index (χ1n) is 5.00. The zero-order valence-corrected chi connectivity index (χ0v) is 10.6. The molecule has 18 heavy (non-hydrogen) atoms. The summed E-state index contributed by atoms with van der Waals surface area (Å²) in [7, 11) is 1.46. The van der Waals surface area contributed by atoms with Gasteiger partial charge in [0.15, 0.2) is 0 Å². The fourth-order valence-electron chi connectivity index (χ4n) is 1.21. The van der Waals surface area contributed by atoms with E-state index >= 15 is 0 Å². The number of carboxylic acid groups (broad SMARTS) is 1. The van der Waals surface area contributed by atoms with Gasteiger partial charge in [-0.2, -0.15) is 0 Å². The van der Waals surface area contributed by atoms with Crippen molar-refractivity contribution in [3.8, 4) is 5.75 Å². The number of benzene rings is 1. The maximum Gasteiger partial charge on any atom is 0.331 e. The van der Waals surface area contributed by atoms with Crippen molar-refractivity contribution in [3.63, 3.8) is 0 Å². The molecule has 5 nitrogen and oxygen atoms in total. The highest BCUT2D eigenvalue weighted by Gasteiger charge is 2.08. The van der Waals surface area contributed by atoms with Crippen LogP contribution in [-0.4, -0.2) is 24.1 Å². The molecule has 0 aliphatic carbocycles. The molecule has 0 spiro atoms. The SMILES string of the molecule is COc1ccc(Cl)cc1NC(=O)/C=C(\C)C(=O)O. The van der Waals surface area contributed by atoms with Gasteiger partial charge in [-0.3, -0.25) is 4.79 Å². The number of hydrogen-bond acceptors (Lipinski definition) is 3. The smallest absolute Gasteiger partial charge is 0.331 e. The molecule has 0 saturated carbocycles. The molecular formula is C12H12ClNO4. The molecule has 0 fully saturated rings. The average molecular weight is 270 g/mol. The Balaban J connectivity index is 2.91. The molecule has 0 aliphatic heterocycles. The van der Waals surface area contributed by atoms with Crippen LogP contribution in [-0.2, 0) is 9.59 Å². The topological polar surface area (TPSA) is 75.6 Å². The van der Waals surface area contributed by atoms with Gasteiger partial charge in [0.25, 0.3) is 0 Å². The van der Waals surface area contributed by atoms with E-state index in [0.717, 1.165) is 6.08 Å². The number of carbonyl (C=O) groups excluding carboxylic acids is 1. The van der Waals surface area contributed by atoms with Gasteiger partial charge < -0.3 is 15.2 Å². The van der Waals surface area contributed by atoms with Crippen molar-refractivity contribution in [2.24, 2.45) is 0 Å². The number of hydrogen-bond donors (Lipinski definition) is 2. The molecule has 0 bridgehead atoms. The minimum Gasteiger partial charge on any atom is -0.495 e. The summed E-state index contributed by atoms with van der Waals surface area (Å²) in [5, 5.41) is 11.6. The van der Waals surface area contributed by atoms with Gasteiger partial charge in [-0.05, 0) is 25.1 Å². The summed E-state index contributed by atoms with van der Waals surface area (Å²) < 4.78 is 5.04. The lowest BCUT2D eigenvalue weighted by Gasteiger charge is -2.09. The van der Waals surface area contributed by atoms with Gasteiger partial charge in [0.05, 0.1) is 12.8 Å². The summed E-state index contributed by atoms with van der Waals surface area (Å²) in [6, 6.07) is 4.74. The van der Waals surface area contributed by atoms with Crippen molar-refractivity contribution < 1.29 is 19.4 Å². The zero-order chi connectivity index (χ0) is 13.7. The number of carboxylic acids is 1. The Morgan fingerprint density at radius 3 is 2.67 bits per heavy atom. The third-order valence-corrected chi connectivity index (χ3v) is 2.34. The Morgan fingerprint density at radius 2 is 2.11 bits per heavy atom. The molecule has 96 valence electrons. The largest absolute Gasteiger partial charge is 0.495 e. The number of carbonyl (C=O) groups is 2. The lowest BCUT2D eigenvalue weighted by molar-refractivity contribution is -0.132. The number of ether oxygens (including phenoxy) is 1. The van der Waals surface area contributed by atoms with E-state index in [1.54, 1.807) is 12.1 Å². The second-order valence-electron chi connectivity index (χ2n) is 3.47. The molecule has 0 atom stereocenters. The van der Waals surface area contributed by atoms with Crippen LogP contribution >= 0.6 is 11.6 Å². The minimum absolute atomic E-state index is 0.0616. The van der Waals surface area contributed by atoms with Crippen LogP contribution < -0.4 is 10.1 Å². The van der Waals surface area contributed by atoms with E-state index < -0.39 is 11.9 Å². The molecule has 2 N–H and O–H groups in total. The Labute approximate surface area is 109 Å². The van der Waals surface area contributed by atoms with Gasteiger partial charge >= 0.3 is 5.97 Å². The molecule has 1 rings (SSSR count). The van der Waals surface area contributed by atoms with E-state index in [0.29, 0.717) is 16.5 Å². The summed E-state index contributed by atoms with van der Waals surface area (Å²) in [6.07, 6.45) is 0.989. The van der Waals surface area contributed by atoms with Crippen molar-refractivity contribution in [2.45, 2.75) is 6.92 Å². The second-order valence-corrected chi connectivity index (χ2v) is 3.90. The van der Waals surface area contributed by atoms with E-state index in [2.05, 4.69) is 5.32 Å². The molecule has 1 amide bonds. The first kappa shape index (κ1) is 14.1. The van der Waals surface area contributed by atoms with Crippen molar-refractivity contribution in [1.29, 1.82) is 0 Å². The van der Waals surface area contributed by atoms with Crippen LogP contribution in [0.5, 0.6) is 5.75 Å². The lowest BCUT2D eigenvalue weighted by atomic mass is 10.2. The van der Waals surface area contributed by atoms with Gasteiger partial charge in [0.1, 0.15) is 5.75 Å².